The zero-order valence-electron chi connectivity index (χ0n) is 10.1. The van der Waals surface area contributed by atoms with Crippen molar-refractivity contribution in [3.05, 3.63) is 34.3 Å². The van der Waals surface area contributed by atoms with Crippen LogP contribution in [0.15, 0.2) is 18.2 Å². The Balaban J connectivity index is 1.66. The van der Waals surface area contributed by atoms with Gasteiger partial charge in [0, 0.05) is 24.2 Å². The summed E-state index contributed by atoms with van der Waals surface area (Å²) in [6, 6.07) is 6.61. The number of fused-ring (bicyclic) bond motifs is 1. The molecule has 0 spiro atoms. The van der Waals surface area contributed by atoms with E-state index in [2.05, 4.69) is 17.0 Å². The van der Waals surface area contributed by atoms with Crippen molar-refractivity contribution in [1.82, 2.24) is 4.90 Å². The number of halogens is 1. The van der Waals surface area contributed by atoms with E-state index in [1.807, 2.05) is 6.07 Å². The quantitative estimate of drug-likeness (QED) is 0.914. The zero-order valence-corrected chi connectivity index (χ0v) is 10.9. The van der Waals surface area contributed by atoms with Crippen LogP contribution in [-0.4, -0.2) is 29.1 Å². The molecule has 1 atom stereocenters. The normalized spacial score (nSPS) is 23.7. The van der Waals surface area contributed by atoms with Crippen molar-refractivity contribution in [2.24, 2.45) is 5.92 Å². The molecule has 0 amide bonds. The van der Waals surface area contributed by atoms with E-state index in [9.17, 15) is 4.79 Å². The van der Waals surface area contributed by atoms with Gasteiger partial charge in [-0.1, -0.05) is 17.7 Å². The molecule has 1 aliphatic carbocycles. The van der Waals surface area contributed by atoms with E-state index in [4.69, 9.17) is 16.7 Å². The number of aliphatic carboxylic acids is 1. The molecule has 1 aromatic rings. The van der Waals surface area contributed by atoms with Gasteiger partial charge in [0.25, 0.3) is 0 Å². The minimum atomic E-state index is -0.682. The first-order valence-corrected chi connectivity index (χ1v) is 6.75. The second-order valence-corrected chi connectivity index (χ2v) is 5.75. The highest BCUT2D eigenvalue weighted by molar-refractivity contribution is 6.30. The molecule has 1 fully saturated rings. The molecule has 1 unspecified atom stereocenters. The van der Waals surface area contributed by atoms with Crippen LogP contribution in [-0.2, 0) is 11.2 Å². The number of hydrogen-bond donors (Lipinski definition) is 1. The monoisotopic (exact) mass is 265 g/mol. The molecule has 4 heteroatoms. The summed E-state index contributed by atoms with van der Waals surface area (Å²) in [5.74, 6) is -0.350. The fraction of sp³-hybridized carbons (Fsp3) is 0.500. The third-order valence-corrected chi connectivity index (χ3v) is 4.28. The second kappa shape index (κ2) is 4.56. The summed E-state index contributed by atoms with van der Waals surface area (Å²) in [5, 5.41) is 9.56. The van der Waals surface area contributed by atoms with Crippen LogP contribution in [0.2, 0.25) is 5.02 Å². The average Bonchev–Trinajstić information content (AvgIpc) is 2.65. The van der Waals surface area contributed by atoms with Gasteiger partial charge in [-0.2, -0.15) is 0 Å². The Morgan fingerprint density at radius 2 is 2.22 bits per heavy atom. The maximum absolute atomic E-state index is 10.6. The number of rotatable bonds is 3. The van der Waals surface area contributed by atoms with E-state index >= 15 is 0 Å². The van der Waals surface area contributed by atoms with Gasteiger partial charge < -0.3 is 5.11 Å². The van der Waals surface area contributed by atoms with E-state index in [0.717, 1.165) is 31.0 Å². The van der Waals surface area contributed by atoms with Gasteiger partial charge in [0.15, 0.2) is 0 Å². The standard InChI is InChI=1S/C14H16ClNO2/c15-11-2-3-12-10(6-11)1-4-13(12)16-7-9(8-16)5-14(17)18/h2-3,6,9,13H,1,4-5,7-8H2,(H,17,18). The lowest BCUT2D eigenvalue weighted by atomic mass is 9.92. The zero-order chi connectivity index (χ0) is 12.7. The molecule has 96 valence electrons. The van der Waals surface area contributed by atoms with E-state index in [0.29, 0.717) is 18.4 Å². The average molecular weight is 266 g/mol. The van der Waals surface area contributed by atoms with Gasteiger partial charge in [-0.3, -0.25) is 9.69 Å². The van der Waals surface area contributed by atoms with Crippen molar-refractivity contribution in [2.45, 2.75) is 25.3 Å². The van der Waals surface area contributed by atoms with Gasteiger partial charge >= 0.3 is 5.97 Å². The highest BCUT2D eigenvalue weighted by atomic mass is 35.5. The largest absolute Gasteiger partial charge is 0.481 e. The molecule has 3 rings (SSSR count). The lowest BCUT2D eigenvalue weighted by Gasteiger charge is -2.43. The fourth-order valence-corrected chi connectivity index (χ4v) is 3.38. The van der Waals surface area contributed by atoms with E-state index in [-0.39, 0.29) is 0 Å². The van der Waals surface area contributed by atoms with Crippen LogP contribution in [0.5, 0.6) is 0 Å². The number of benzene rings is 1. The molecular formula is C14H16ClNO2. The van der Waals surface area contributed by atoms with Crippen molar-refractivity contribution < 1.29 is 9.90 Å². The molecule has 0 aromatic heterocycles. The van der Waals surface area contributed by atoms with Gasteiger partial charge in [0.05, 0.1) is 6.42 Å². The molecule has 2 aliphatic rings. The van der Waals surface area contributed by atoms with Crippen LogP contribution in [0.3, 0.4) is 0 Å². The Morgan fingerprint density at radius 1 is 1.44 bits per heavy atom. The number of hydrogen-bond acceptors (Lipinski definition) is 2. The number of nitrogens with zero attached hydrogens (tertiary/aromatic N) is 1. The molecule has 0 radical (unpaired) electrons. The highest BCUT2D eigenvalue weighted by Crippen LogP contribution is 2.40. The molecular weight excluding hydrogens is 250 g/mol. The lowest BCUT2D eigenvalue weighted by molar-refractivity contribution is -0.139. The maximum Gasteiger partial charge on any atom is 0.303 e. The molecule has 1 aliphatic heterocycles. The first kappa shape index (κ1) is 12.0. The molecule has 1 aromatic carbocycles. The van der Waals surface area contributed by atoms with Crippen LogP contribution in [0.25, 0.3) is 0 Å². The number of carboxylic acid groups (broad SMARTS) is 1. The number of carboxylic acids is 1. The Hall–Kier alpha value is -1.06. The Kier molecular flexibility index (Phi) is 3.04. The Morgan fingerprint density at radius 3 is 2.94 bits per heavy atom. The molecule has 0 bridgehead atoms. The first-order valence-electron chi connectivity index (χ1n) is 6.37. The first-order chi connectivity index (χ1) is 8.63. The van der Waals surface area contributed by atoms with E-state index in [1.54, 1.807) is 0 Å². The summed E-state index contributed by atoms with van der Waals surface area (Å²) in [6.45, 7) is 1.83. The molecule has 18 heavy (non-hydrogen) atoms. The van der Waals surface area contributed by atoms with Gasteiger partial charge in [-0.25, -0.2) is 0 Å². The summed E-state index contributed by atoms with van der Waals surface area (Å²) in [5.41, 5.74) is 2.74. The summed E-state index contributed by atoms with van der Waals surface area (Å²) >= 11 is 6.00. The smallest absolute Gasteiger partial charge is 0.303 e. The van der Waals surface area contributed by atoms with Crippen molar-refractivity contribution in [2.75, 3.05) is 13.1 Å². The second-order valence-electron chi connectivity index (χ2n) is 5.32. The van der Waals surface area contributed by atoms with E-state index in [1.165, 1.54) is 11.1 Å². The summed E-state index contributed by atoms with van der Waals surface area (Å²) < 4.78 is 0. The van der Waals surface area contributed by atoms with Crippen LogP contribution < -0.4 is 0 Å². The molecule has 1 heterocycles. The molecule has 1 saturated heterocycles. The predicted molar refractivity (Wildman–Crippen MR) is 69.8 cm³/mol. The SMILES string of the molecule is O=C(O)CC1CN(C2CCc3cc(Cl)ccc32)C1. The molecule has 3 nitrogen and oxygen atoms in total. The minimum absolute atomic E-state index is 0.302. The van der Waals surface area contributed by atoms with Gasteiger partial charge in [-0.15, -0.1) is 0 Å². The van der Waals surface area contributed by atoms with Crippen molar-refractivity contribution in [1.29, 1.82) is 0 Å². The number of likely N-dealkylation sites (tertiary alicyclic amines) is 1. The predicted octanol–water partition coefficient (Wildman–Crippen LogP) is 2.73. The number of carbonyl (C=O) groups is 1. The third-order valence-electron chi connectivity index (χ3n) is 4.04. The third kappa shape index (κ3) is 2.13. The van der Waals surface area contributed by atoms with Crippen LogP contribution in [0.4, 0.5) is 0 Å². The number of aryl methyl sites for hydroxylation is 1. The fourth-order valence-electron chi connectivity index (χ4n) is 3.18. The summed E-state index contributed by atoms with van der Waals surface area (Å²) in [4.78, 5) is 13.0. The van der Waals surface area contributed by atoms with Crippen LogP contribution in [0, 0.1) is 5.92 Å². The van der Waals surface area contributed by atoms with Gasteiger partial charge in [0.2, 0.25) is 0 Å². The Bertz CT molecular complexity index is 483. The van der Waals surface area contributed by atoms with Crippen LogP contribution in [0.1, 0.15) is 30.0 Å². The van der Waals surface area contributed by atoms with Gasteiger partial charge in [-0.05, 0) is 42.0 Å². The van der Waals surface area contributed by atoms with E-state index < -0.39 is 5.97 Å². The maximum atomic E-state index is 10.6. The topological polar surface area (TPSA) is 40.5 Å². The highest BCUT2D eigenvalue weighted by Gasteiger charge is 2.36. The van der Waals surface area contributed by atoms with Crippen molar-refractivity contribution >= 4 is 17.6 Å². The van der Waals surface area contributed by atoms with Crippen LogP contribution >= 0.6 is 11.6 Å². The molecule has 1 N–H and O–H groups in total. The van der Waals surface area contributed by atoms with Crippen molar-refractivity contribution in [3.8, 4) is 0 Å². The Labute approximate surface area is 111 Å². The van der Waals surface area contributed by atoms with Gasteiger partial charge in [0.1, 0.15) is 0 Å². The minimum Gasteiger partial charge on any atom is -0.481 e. The van der Waals surface area contributed by atoms with Crippen molar-refractivity contribution in [3.63, 3.8) is 0 Å². The summed E-state index contributed by atoms with van der Waals surface area (Å²) in [7, 11) is 0. The molecule has 0 saturated carbocycles. The summed E-state index contributed by atoms with van der Waals surface area (Å²) in [6.07, 6.45) is 2.52. The lowest BCUT2D eigenvalue weighted by Crippen LogP contribution is -2.48.